The Hall–Kier alpha value is -1.67. The Morgan fingerprint density at radius 2 is 2.37 bits per heavy atom. The molecule has 2 aromatic rings. The number of anilines is 1. The van der Waals surface area contributed by atoms with Crippen LogP contribution in [-0.2, 0) is 0 Å². The maximum Gasteiger partial charge on any atom is 0.373 e. The van der Waals surface area contributed by atoms with Gasteiger partial charge in [0.15, 0.2) is 0 Å². The van der Waals surface area contributed by atoms with Crippen LogP contribution >= 0.6 is 11.3 Å². The fraction of sp³-hybridized carbons (Fsp3) is 0.545. The minimum atomic E-state index is -0.723. The second-order valence-electron chi connectivity index (χ2n) is 4.90. The third-order valence-electron chi connectivity index (χ3n) is 3.38. The van der Waals surface area contributed by atoms with Gasteiger partial charge in [-0.3, -0.25) is 0 Å². The second kappa shape index (κ2) is 4.17. The zero-order chi connectivity index (χ0) is 13.6. The SMILES string of the molecule is CCCC1(O)CN(c2nc3sccn3c2[N+](=O)[O-])C1. The summed E-state index contributed by atoms with van der Waals surface area (Å²) in [5, 5.41) is 23.1. The normalized spacial score (nSPS) is 17.7. The van der Waals surface area contributed by atoms with Crippen LogP contribution in [0.4, 0.5) is 11.6 Å². The molecule has 0 radical (unpaired) electrons. The predicted molar refractivity (Wildman–Crippen MR) is 71.8 cm³/mol. The highest BCUT2D eigenvalue weighted by atomic mass is 32.1. The predicted octanol–water partition coefficient (Wildman–Crippen LogP) is 1.66. The molecule has 2 aromatic heterocycles. The number of aliphatic hydroxyl groups is 1. The van der Waals surface area contributed by atoms with E-state index in [9.17, 15) is 15.2 Å². The number of β-amino-alcohol motifs (C(OH)–C–C–N with tert-alkyl or cyclic N) is 1. The monoisotopic (exact) mass is 282 g/mol. The largest absolute Gasteiger partial charge is 0.386 e. The first kappa shape index (κ1) is 12.4. The van der Waals surface area contributed by atoms with Crippen molar-refractivity contribution in [3.8, 4) is 0 Å². The van der Waals surface area contributed by atoms with Crippen LogP contribution in [0.2, 0.25) is 0 Å². The van der Waals surface area contributed by atoms with Crippen LogP contribution in [-0.4, -0.2) is 38.1 Å². The Balaban J connectivity index is 1.92. The molecule has 0 saturated carbocycles. The number of nitro groups is 1. The number of nitrogens with zero attached hydrogens (tertiary/aromatic N) is 4. The number of imidazole rings is 1. The molecular weight excluding hydrogens is 268 g/mol. The van der Waals surface area contributed by atoms with E-state index in [-0.39, 0.29) is 5.82 Å². The van der Waals surface area contributed by atoms with Crippen molar-refractivity contribution < 1.29 is 10.0 Å². The van der Waals surface area contributed by atoms with Crippen molar-refractivity contribution in [2.24, 2.45) is 0 Å². The fourth-order valence-electron chi connectivity index (χ4n) is 2.58. The van der Waals surface area contributed by atoms with E-state index in [4.69, 9.17) is 0 Å². The van der Waals surface area contributed by atoms with Gasteiger partial charge in [-0.15, -0.1) is 0 Å². The van der Waals surface area contributed by atoms with Crippen LogP contribution in [0.5, 0.6) is 0 Å². The molecule has 1 N–H and O–H groups in total. The second-order valence-corrected chi connectivity index (χ2v) is 5.78. The first-order chi connectivity index (χ1) is 9.04. The van der Waals surface area contributed by atoms with Gasteiger partial charge in [-0.05, 0) is 11.3 Å². The van der Waals surface area contributed by atoms with Gasteiger partial charge >= 0.3 is 5.82 Å². The summed E-state index contributed by atoms with van der Waals surface area (Å²) in [5.41, 5.74) is -0.723. The molecule has 0 atom stereocenters. The highest BCUT2D eigenvalue weighted by molar-refractivity contribution is 7.15. The van der Waals surface area contributed by atoms with Crippen molar-refractivity contribution in [1.29, 1.82) is 0 Å². The lowest BCUT2D eigenvalue weighted by Gasteiger charge is -2.46. The molecule has 3 heterocycles. The molecule has 1 fully saturated rings. The Bertz CT molecular complexity index is 629. The summed E-state index contributed by atoms with van der Waals surface area (Å²) in [6.45, 7) is 2.83. The van der Waals surface area contributed by atoms with Gasteiger partial charge in [0.25, 0.3) is 4.96 Å². The molecule has 1 saturated heterocycles. The Labute approximate surface area is 113 Å². The lowest BCUT2D eigenvalue weighted by molar-refractivity contribution is -0.389. The molecule has 0 unspecified atom stereocenters. The zero-order valence-corrected chi connectivity index (χ0v) is 11.3. The van der Waals surface area contributed by atoms with E-state index in [1.807, 2.05) is 6.92 Å². The van der Waals surface area contributed by atoms with E-state index in [2.05, 4.69) is 4.98 Å². The van der Waals surface area contributed by atoms with E-state index in [0.717, 1.165) is 6.42 Å². The summed E-state index contributed by atoms with van der Waals surface area (Å²) >= 11 is 1.36. The molecule has 0 aromatic carbocycles. The van der Waals surface area contributed by atoms with Gasteiger partial charge in [0, 0.05) is 5.38 Å². The molecule has 19 heavy (non-hydrogen) atoms. The molecule has 102 valence electrons. The number of thiazole rings is 1. The summed E-state index contributed by atoms with van der Waals surface area (Å²) in [6, 6.07) is 0. The number of aromatic nitrogens is 2. The van der Waals surface area contributed by atoms with Gasteiger partial charge in [-0.1, -0.05) is 24.7 Å². The van der Waals surface area contributed by atoms with E-state index < -0.39 is 10.5 Å². The topological polar surface area (TPSA) is 83.9 Å². The molecule has 0 spiro atoms. The Morgan fingerprint density at radius 1 is 1.63 bits per heavy atom. The van der Waals surface area contributed by atoms with Gasteiger partial charge in [0.1, 0.15) is 6.20 Å². The van der Waals surface area contributed by atoms with Crippen molar-refractivity contribution in [3.63, 3.8) is 0 Å². The van der Waals surface area contributed by atoms with E-state index in [1.54, 1.807) is 16.5 Å². The smallest absolute Gasteiger partial charge is 0.373 e. The summed E-state index contributed by atoms with van der Waals surface area (Å²) in [7, 11) is 0. The van der Waals surface area contributed by atoms with Gasteiger partial charge in [-0.2, -0.15) is 9.38 Å². The highest BCUT2D eigenvalue weighted by Crippen LogP contribution is 2.37. The molecule has 1 aliphatic rings. The maximum absolute atomic E-state index is 11.2. The lowest BCUT2D eigenvalue weighted by Crippen LogP contribution is -2.62. The van der Waals surface area contributed by atoms with E-state index in [1.165, 1.54) is 15.7 Å². The third-order valence-corrected chi connectivity index (χ3v) is 4.13. The molecule has 1 aliphatic heterocycles. The molecule has 0 bridgehead atoms. The standard InChI is InChI=1S/C11H14N4O3S/c1-2-3-11(16)6-13(7-11)8-9(15(17)18)14-4-5-19-10(14)12-8/h4-5,16H,2-3,6-7H2,1H3. The van der Waals surface area contributed by atoms with E-state index in [0.29, 0.717) is 30.3 Å². The highest BCUT2D eigenvalue weighted by Gasteiger charge is 2.44. The quantitative estimate of drug-likeness (QED) is 0.681. The summed E-state index contributed by atoms with van der Waals surface area (Å²) in [5.74, 6) is 0.340. The number of hydrogen-bond donors (Lipinski definition) is 1. The first-order valence-electron chi connectivity index (χ1n) is 6.11. The van der Waals surface area contributed by atoms with Crippen LogP contribution in [0.25, 0.3) is 4.96 Å². The summed E-state index contributed by atoms with van der Waals surface area (Å²) < 4.78 is 1.48. The summed E-state index contributed by atoms with van der Waals surface area (Å²) in [4.78, 5) is 17.4. The molecule has 3 rings (SSSR count). The van der Waals surface area contributed by atoms with Crippen LogP contribution < -0.4 is 4.90 Å². The maximum atomic E-state index is 11.2. The molecule has 0 aliphatic carbocycles. The van der Waals surface area contributed by atoms with Gasteiger partial charge in [0.2, 0.25) is 5.82 Å². The Kier molecular flexibility index (Phi) is 2.72. The number of fused-ring (bicyclic) bond motifs is 1. The average molecular weight is 282 g/mol. The molecule has 0 amide bonds. The fourth-order valence-corrected chi connectivity index (χ4v) is 3.29. The van der Waals surface area contributed by atoms with Gasteiger partial charge < -0.3 is 20.1 Å². The summed E-state index contributed by atoms with van der Waals surface area (Å²) in [6.07, 6.45) is 3.25. The van der Waals surface area contributed by atoms with Crippen LogP contribution in [0, 0.1) is 10.1 Å². The van der Waals surface area contributed by atoms with Crippen molar-refractivity contribution >= 4 is 27.9 Å². The minimum absolute atomic E-state index is 0.0187. The van der Waals surface area contributed by atoms with Crippen molar-refractivity contribution in [2.45, 2.75) is 25.4 Å². The molecule has 8 heteroatoms. The van der Waals surface area contributed by atoms with Crippen LogP contribution in [0.3, 0.4) is 0 Å². The average Bonchev–Trinajstić information content (AvgIpc) is 2.83. The molecule has 7 nitrogen and oxygen atoms in total. The van der Waals surface area contributed by atoms with Gasteiger partial charge in [-0.25, -0.2) is 0 Å². The first-order valence-corrected chi connectivity index (χ1v) is 6.99. The van der Waals surface area contributed by atoms with Crippen LogP contribution in [0.1, 0.15) is 19.8 Å². The van der Waals surface area contributed by atoms with Gasteiger partial charge in [0.05, 0.1) is 18.7 Å². The van der Waals surface area contributed by atoms with Crippen molar-refractivity contribution in [1.82, 2.24) is 9.38 Å². The van der Waals surface area contributed by atoms with Crippen molar-refractivity contribution in [2.75, 3.05) is 18.0 Å². The Morgan fingerprint density at radius 3 is 3.00 bits per heavy atom. The molecular formula is C11H14N4O3S. The number of hydrogen-bond acceptors (Lipinski definition) is 6. The third kappa shape index (κ3) is 1.87. The zero-order valence-electron chi connectivity index (χ0n) is 10.4. The minimum Gasteiger partial charge on any atom is -0.386 e. The van der Waals surface area contributed by atoms with E-state index >= 15 is 0 Å². The van der Waals surface area contributed by atoms with Crippen LogP contribution in [0.15, 0.2) is 11.6 Å². The number of rotatable bonds is 4. The van der Waals surface area contributed by atoms with Crippen molar-refractivity contribution in [3.05, 3.63) is 21.7 Å². The lowest BCUT2D eigenvalue weighted by atomic mass is 9.89.